The average Bonchev–Trinajstić information content (AvgIpc) is 3.06. The van der Waals surface area contributed by atoms with E-state index in [0.717, 1.165) is 20.3 Å². The molecule has 9 N–H and O–H groups in total. The molecule has 0 aromatic heterocycles. The number of carbonyl (C=O) groups excluding carboxylic acids is 2. The van der Waals surface area contributed by atoms with Gasteiger partial charge < -0.3 is 36.6 Å². The summed E-state index contributed by atoms with van der Waals surface area (Å²) in [5, 5.41) is 49.2. The van der Waals surface area contributed by atoms with Crippen LogP contribution < -0.4 is 16.5 Å². The molecule has 0 saturated carbocycles. The number of hydrogen-bond donors (Lipinski definition) is 8. The van der Waals surface area contributed by atoms with Crippen LogP contribution in [0.2, 0.25) is 0 Å². The summed E-state index contributed by atoms with van der Waals surface area (Å²) in [4.78, 5) is 91.3. The Hall–Kier alpha value is -4.15. The van der Waals surface area contributed by atoms with Crippen molar-refractivity contribution in [1.29, 1.82) is 0 Å². The molecular weight excluding hydrogens is 846 g/mol. The molecule has 2 aromatic carbocycles. The fraction of sp³-hybridized carbons (Fsp3) is 0.424. The Bertz CT molecular complexity index is 1480. The molecule has 0 spiro atoms. The molecule has 0 bridgehead atoms. The number of amides is 2. The van der Waals surface area contributed by atoms with Crippen LogP contribution in [0.5, 0.6) is 0 Å². The van der Waals surface area contributed by atoms with E-state index in [1.54, 1.807) is 24.3 Å². The number of nitrogens with two attached hydrogens (primary N) is 1. The summed E-state index contributed by atoms with van der Waals surface area (Å²) in [5.41, 5.74) is 10.6. The van der Waals surface area contributed by atoms with Crippen LogP contribution in [-0.4, -0.2) is 146 Å². The first-order valence-electron chi connectivity index (χ1n) is 16.0. The third kappa shape index (κ3) is 20.0. The SMILES string of the molecule is N[C@H](CCc1ccccc1)C(=O)NOCc1ccc(CNC(=O)[C@@H](CN(CCN(CC(=O)O)CC(=O)O)CC(=O)O)N(CC(=O)O)CC(=O)O)cc1.[Gd+3]. The van der Waals surface area contributed by atoms with Crippen LogP contribution in [0.25, 0.3) is 0 Å². The molecule has 0 heterocycles. The van der Waals surface area contributed by atoms with E-state index in [9.17, 15) is 48.9 Å². The molecule has 19 nitrogen and oxygen atoms in total. The average molecular weight is 890 g/mol. The number of nitrogens with one attached hydrogen (secondary N) is 2. The van der Waals surface area contributed by atoms with Crippen molar-refractivity contribution in [2.24, 2.45) is 5.73 Å². The van der Waals surface area contributed by atoms with Gasteiger partial charge >= 0.3 is 69.8 Å². The second-order valence-corrected chi connectivity index (χ2v) is 11.8. The van der Waals surface area contributed by atoms with Gasteiger partial charge in [0.15, 0.2) is 0 Å². The molecule has 2 rings (SSSR count). The molecule has 53 heavy (non-hydrogen) atoms. The Morgan fingerprint density at radius 2 is 1.13 bits per heavy atom. The van der Waals surface area contributed by atoms with Crippen LogP contribution >= 0.6 is 0 Å². The topological polar surface area (TPSA) is 290 Å². The molecule has 20 heteroatoms. The summed E-state index contributed by atoms with van der Waals surface area (Å²) < 4.78 is 0. The van der Waals surface area contributed by atoms with Gasteiger partial charge in [0.2, 0.25) is 5.91 Å². The van der Waals surface area contributed by atoms with Crippen LogP contribution in [0.4, 0.5) is 0 Å². The van der Waals surface area contributed by atoms with Gasteiger partial charge in [-0.1, -0.05) is 54.6 Å². The van der Waals surface area contributed by atoms with Crippen LogP contribution in [-0.2, 0) is 58.0 Å². The second kappa shape index (κ2) is 25.0. The van der Waals surface area contributed by atoms with E-state index in [1.165, 1.54) is 0 Å². The molecule has 0 fully saturated rings. The van der Waals surface area contributed by atoms with Gasteiger partial charge in [-0.2, -0.15) is 0 Å². The predicted octanol–water partition coefficient (Wildman–Crippen LogP) is -1.49. The number of carboxylic acids is 5. The van der Waals surface area contributed by atoms with Crippen LogP contribution in [0, 0.1) is 39.9 Å². The second-order valence-electron chi connectivity index (χ2n) is 11.8. The zero-order valence-corrected chi connectivity index (χ0v) is 30.9. The van der Waals surface area contributed by atoms with Crippen molar-refractivity contribution in [2.75, 3.05) is 52.4 Å². The smallest absolute Gasteiger partial charge is 0.480 e. The van der Waals surface area contributed by atoms with Gasteiger partial charge in [0.25, 0.3) is 5.91 Å². The first-order valence-corrected chi connectivity index (χ1v) is 16.0. The number of nitrogens with zero attached hydrogens (tertiary/aromatic N) is 3. The molecule has 0 saturated heterocycles. The first-order chi connectivity index (χ1) is 24.6. The molecule has 2 amide bonds. The minimum atomic E-state index is -1.51. The monoisotopic (exact) mass is 890 g/mol. The van der Waals surface area contributed by atoms with E-state index in [2.05, 4.69) is 10.8 Å². The molecule has 0 unspecified atom stereocenters. The van der Waals surface area contributed by atoms with E-state index in [4.69, 9.17) is 20.8 Å². The number of carboxylic acid groups (broad SMARTS) is 5. The van der Waals surface area contributed by atoms with Crippen molar-refractivity contribution < 1.29 is 104 Å². The number of aryl methyl sites for hydroxylation is 1. The summed E-state index contributed by atoms with van der Waals surface area (Å²) in [6.45, 7) is -4.94. The zero-order valence-electron chi connectivity index (χ0n) is 28.6. The van der Waals surface area contributed by atoms with Gasteiger partial charge in [0.1, 0.15) is 6.04 Å². The largest absolute Gasteiger partial charge is 3.00 e. The number of aliphatic carboxylic acids is 5. The van der Waals surface area contributed by atoms with Crippen LogP contribution in [0.3, 0.4) is 0 Å². The van der Waals surface area contributed by atoms with E-state index >= 15 is 0 Å². The van der Waals surface area contributed by atoms with E-state index < -0.39 is 93.0 Å². The van der Waals surface area contributed by atoms with E-state index in [0.29, 0.717) is 24.0 Å². The fourth-order valence-electron chi connectivity index (χ4n) is 4.96. The predicted molar refractivity (Wildman–Crippen MR) is 180 cm³/mol. The van der Waals surface area contributed by atoms with Crippen molar-refractivity contribution in [3.05, 3.63) is 71.3 Å². The van der Waals surface area contributed by atoms with Crippen molar-refractivity contribution in [3.8, 4) is 0 Å². The number of rotatable bonds is 26. The number of hydroxylamine groups is 1. The third-order valence-corrected chi connectivity index (χ3v) is 7.49. The quantitative estimate of drug-likeness (QED) is 0.0499. The van der Waals surface area contributed by atoms with E-state index in [1.807, 2.05) is 30.3 Å². The summed E-state index contributed by atoms with van der Waals surface area (Å²) in [7, 11) is 0. The van der Waals surface area contributed by atoms with Gasteiger partial charge in [-0.3, -0.25) is 53.1 Å². The molecule has 0 aliphatic rings. The van der Waals surface area contributed by atoms with Crippen LogP contribution in [0.1, 0.15) is 23.1 Å². The first kappa shape index (κ1) is 46.9. The molecule has 289 valence electrons. The summed E-state index contributed by atoms with van der Waals surface area (Å²) in [6, 6.07) is 13.9. The summed E-state index contributed by atoms with van der Waals surface area (Å²) in [6.07, 6.45) is 1.04. The Balaban J connectivity index is 0.0000140. The van der Waals surface area contributed by atoms with Gasteiger partial charge in [-0.05, 0) is 29.5 Å². The molecular formula is C33H44GdN6O13+3. The Morgan fingerprint density at radius 1 is 0.642 bits per heavy atom. The fourth-order valence-corrected chi connectivity index (χ4v) is 4.96. The van der Waals surface area contributed by atoms with Crippen molar-refractivity contribution in [3.63, 3.8) is 0 Å². The maximum absolute atomic E-state index is 13.5. The van der Waals surface area contributed by atoms with Crippen molar-refractivity contribution in [1.82, 2.24) is 25.5 Å². The zero-order chi connectivity index (χ0) is 38.6. The molecule has 2 aromatic rings. The maximum Gasteiger partial charge on any atom is 3.00 e. The minimum absolute atomic E-state index is 0. The van der Waals surface area contributed by atoms with Gasteiger partial charge in [-0.25, -0.2) is 5.48 Å². The Labute approximate surface area is 336 Å². The molecule has 2 atom stereocenters. The minimum Gasteiger partial charge on any atom is -0.480 e. The molecule has 0 aliphatic heterocycles. The van der Waals surface area contributed by atoms with Gasteiger partial charge in [0.05, 0.1) is 45.4 Å². The number of carbonyl (C=O) groups is 7. The normalized spacial score (nSPS) is 12.1. The summed E-state index contributed by atoms with van der Waals surface area (Å²) in [5.74, 6) is -8.25. The maximum atomic E-state index is 13.5. The van der Waals surface area contributed by atoms with Gasteiger partial charge in [0, 0.05) is 26.2 Å². The Kier molecular flexibility index (Phi) is 22.1. The van der Waals surface area contributed by atoms with Crippen LogP contribution in [0.15, 0.2) is 54.6 Å². The van der Waals surface area contributed by atoms with E-state index in [-0.39, 0.29) is 66.2 Å². The Morgan fingerprint density at radius 3 is 1.66 bits per heavy atom. The van der Waals surface area contributed by atoms with Crippen molar-refractivity contribution in [2.45, 2.75) is 38.1 Å². The molecule has 1 radical (unpaired) electrons. The number of benzene rings is 2. The summed E-state index contributed by atoms with van der Waals surface area (Å²) >= 11 is 0. The standard InChI is InChI=1S/C33H44N6O13.Gd/c34-25(11-10-22-4-2-1-3-5-22)32(50)36-52-21-24-8-6-23(7-9-24)14-35-33(51)26(39(19-30(46)47)20-31(48)49)15-37(16-27(40)41)12-13-38(17-28(42)43)18-29(44)45;/h1-9,25-26H,10-21,34H2,(H,35,51)(H,36,50)(H,40,41)(H,42,43)(H,44,45)(H,46,47)(H,48,49);/q;+3/t25-,26-;/m1./s1. The molecule has 0 aliphatic carbocycles. The third-order valence-electron chi connectivity index (χ3n) is 7.49. The van der Waals surface area contributed by atoms with Gasteiger partial charge in [-0.15, -0.1) is 0 Å². The number of hydrogen-bond acceptors (Lipinski definition) is 12. The van der Waals surface area contributed by atoms with Crippen molar-refractivity contribution >= 4 is 41.7 Å².